The average Bonchev–Trinajstić information content (AvgIpc) is 2.81. The van der Waals surface area contributed by atoms with Crippen molar-refractivity contribution >= 4 is 42.3 Å². The number of carboxylic acids is 2. The van der Waals surface area contributed by atoms with Crippen LogP contribution in [0.1, 0.15) is 31.2 Å². The number of rotatable bonds is 16. The summed E-state index contributed by atoms with van der Waals surface area (Å²) in [5.74, 6) is -5.33. The van der Waals surface area contributed by atoms with Crippen molar-refractivity contribution in [2.75, 3.05) is 12.3 Å². The maximum Gasteiger partial charge on any atom is 0.326 e. The third kappa shape index (κ3) is 11.2. The van der Waals surface area contributed by atoms with Gasteiger partial charge in [-0.15, -0.1) is 0 Å². The smallest absolute Gasteiger partial charge is 0.326 e. The molecule has 0 saturated heterocycles. The molecule has 9 N–H and O–H groups in total. The van der Waals surface area contributed by atoms with Gasteiger partial charge < -0.3 is 37.6 Å². The number of amides is 3. The van der Waals surface area contributed by atoms with Crippen LogP contribution in [-0.4, -0.2) is 76.3 Å². The second kappa shape index (κ2) is 15.7. The van der Waals surface area contributed by atoms with Crippen LogP contribution < -0.4 is 27.4 Å². The summed E-state index contributed by atoms with van der Waals surface area (Å²) in [5, 5.41) is 25.1. The van der Waals surface area contributed by atoms with E-state index in [0.29, 0.717) is 19.4 Å². The SMILES string of the molecule is NCCCCC(NC(=O)C(N)Cc1ccccc1)C(=O)NC(CS)C(=O)NC(CC(=O)O)C(=O)O. The standard InChI is InChI=1S/C22H33N5O7S/c23-9-5-4-8-15(25-19(30)14(24)10-13-6-2-1-3-7-13)20(31)27-17(12-35)21(32)26-16(22(33)34)11-18(28)29/h1-3,6-7,14-17,35H,4-5,8-12,23-24H2,(H,25,30)(H,26,32)(H,27,31)(H,28,29)(H,33,34). The van der Waals surface area contributed by atoms with Crippen molar-refractivity contribution < 1.29 is 34.2 Å². The Kier molecular flexibility index (Phi) is 13.4. The molecule has 4 unspecified atom stereocenters. The van der Waals surface area contributed by atoms with Crippen molar-refractivity contribution in [3.63, 3.8) is 0 Å². The van der Waals surface area contributed by atoms with E-state index in [2.05, 4.69) is 28.6 Å². The first-order chi connectivity index (χ1) is 16.6. The van der Waals surface area contributed by atoms with Crippen molar-refractivity contribution in [1.82, 2.24) is 16.0 Å². The molecular weight excluding hydrogens is 478 g/mol. The highest BCUT2D eigenvalue weighted by Gasteiger charge is 2.30. The molecule has 0 saturated carbocycles. The lowest BCUT2D eigenvalue weighted by Crippen LogP contribution is -2.58. The molecule has 1 aromatic carbocycles. The third-order valence-electron chi connectivity index (χ3n) is 5.02. The molecule has 0 aliphatic heterocycles. The molecule has 4 atom stereocenters. The molecule has 0 fully saturated rings. The van der Waals surface area contributed by atoms with Crippen LogP contribution in [0, 0.1) is 0 Å². The number of hydrogen-bond acceptors (Lipinski definition) is 8. The van der Waals surface area contributed by atoms with E-state index in [1.807, 2.05) is 30.3 Å². The highest BCUT2D eigenvalue weighted by molar-refractivity contribution is 7.80. The lowest BCUT2D eigenvalue weighted by molar-refractivity contribution is -0.147. The minimum atomic E-state index is -1.68. The summed E-state index contributed by atoms with van der Waals surface area (Å²) in [4.78, 5) is 60.1. The van der Waals surface area contributed by atoms with Crippen molar-refractivity contribution in [3.05, 3.63) is 35.9 Å². The Hall–Kier alpha value is -3.16. The third-order valence-corrected chi connectivity index (χ3v) is 5.39. The number of aliphatic carboxylic acids is 2. The van der Waals surface area contributed by atoms with Crippen LogP contribution in [-0.2, 0) is 30.4 Å². The quantitative estimate of drug-likeness (QED) is 0.0969. The average molecular weight is 512 g/mol. The van der Waals surface area contributed by atoms with Crippen LogP contribution in [0.5, 0.6) is 0 Å². The number of carboxylic acid groups (broad SMARTS) is 2. The zero-order valence-electron chi connectivity index (χ0n) is 19.2. The van der Waals surface area contributed by atoms with Gasteiger partial charge in [-0.25, -0.2) is 4.79 Å². The molecule has 0 aromatic heterocycles. The van der Waals surface area contributed by atoms with Crippen LogP contribution in [0.25, 0.3) is 0 Å². The van der Waals surface area contributed by atoms with Crippen molar-refractivity contribution in [2.24, 2.45) is 11.5 Å². The fourth-order valence-electron chi connectivity index (χ4n) is 3.11. The molecule has 0 aliphatic rings. The molecule has 0 aliphatic carbocycles. The molecule has 0 bridgehead atoms. The number of carbonyl (C=O) groups excluding carboxylic acids is 3. The van der Waals surface area contributed by atoms with Crippen LogP contribution in [0.15, 0.2) is 30.3 Å². The maximum atomic E-state index is 12.9. The largest absolute Gasteiger partial charge is 0.481 e. The molecule has 13 heteroatoms. The maximum absolute atomic E-state index is 12.9. The number of carbonyl (C=O) groups is 5. The Morgan fingerprint density at radius 2 is 1.43 bits per heavy atom. The summed E-state index contributed by atoms with van der Waals surface area (Å²) < 4.78 is 0. The summed E-state index contributed by atoms with van der Waals surface area (Å²) in [7, 11) is 0. The Labute approximate surface area is 208 Å². The molecular formula is C22H33N5O7S. The van der Waals surface area contributed by atoms with E-state index in [1.165, 1.54) is 0 Å². The Morgan fingerprint density at radius 1 is 0.857 bits per heavy atom. The molecule has 35 heavy (non-hydrogen) atoms. The lowest BCUT2D eigenvalue weighted by Gasteiger charge is -2.24. The molecule has 0 radical (unpaired) electrons. The Morgan fingerprint density at radius 3 is 1.97 bits per heavy atom. The van der Waals surface area contributed by atoms with Crippen LogP contribution >= 0.6 is 12.6 Å². The van der Waals surface area contributed by atoms with E-state index < -0.39 is 60.2 Å². The van der Waals surface area contributed by atoms with E-state index in [0.717, 1.165) is 5.56 Å². The van der Waals surface area contributed by atoms with Gasteiger partial charge in [0.25, 0.3) is 0 Å². The lowest BCUT2D eigenvalue weighted by atomic mass is 10.0. The van der Waals surface area contributed by atoms with Gasteiger partial charge >= 0.3 is 11.9 Å². The van der Waals surface area contributed by atoms with Gasteiger partial charge in [0.2, 0.25) is 17.7 Å². The van der Waals surface area contributed by atoms with Gasteiger partial charge in [0.15, 0.2) is 0 Å². The summed E-state index contributed by atoms with van der Waals surface area (Å²) in [6.45, 7) is 0.387. The summed E-state index contributed by atoms with van der Waals surface area (Å²) in [5.41, 5.74) is 12.4. The molecule has 12 nitrogen and oxygen atoms in total. The normalized spacial score (nSPS) is 14.1. The summed E-state index contributed by atoms with van der Waals surface area (Å²) in [6.07, 6.45) is 0.753. The molecule has 1 rings (SSSR count). The number of nitrogens with two attached hydrogens (primary N) is 2. The molecule has 1 aromatic rings. The number of nitrogens with one attached hydrogen (secondary N) is 3. The summed E-state index contributed by atoms with van der Waals surface area (Å²) in [6, 6.07) is 4.21. The second-order valence-electron chi connectivity index (χ2n) is 7.88. The van der Waals surface area contributed by atoms with Crippen molar-refractivity contribution in [3.8, 4) is 0 Å². The van der Waals surface area contributed by atoms with Gasteiger partial charge in [-0.2, -0.15) is 12.6 Å². The van der Waals surface area contributed by atoms with E-state index in [9.17, 15) is 24.0 Å². The second-order valence-corrected chi connectivity index (χ2v) is 8.25. The van der Waals surface area contributed by atoms with Crippen molar-refractivity contribution in [2.45, 2.75) is 56.3 Å². The van der Waals surface area contributed by atoms with Gasteiger partial charge in [0.05, 0.1) is 12.5 Å². The van der Waals surface area contributed by atoms with Gasteiger partial charge in [-0.1, -0.05) is 30.3 Å². The van der Waals surface area contributed by atoms with Gasteiger partial charge in [0.1, 0.15) is 18.1 Å². The minimum Gasteiger partial charge on any atom is -0.481 e. The number of thiol groups is 1. The van der Waals surface area contributed by atoms with E-state index in [-0.39, 0.29) is 18.6 Å². The number of hydrogen-bond donors (Lipinski definition) is 8. The molecule has 3 amide bonds. The predicted octanol–water partition coefficient (Wildman–Crippen LogP) is -1.37. The van der Waals surface area contributed by atoms with Crippen LogP contribution in [0.4, 0.5) is 0 Å². The van der Waals surface area contributed by atoms with Gasteiger partial charge in [0, 0.05) is 5.75 Å². The summed E-state index contributed by atoms with van der Waals surface area (Å²) >= 11 is 4.02. The fraction of sp³-hybridized carbons (Fsp3) is 0.500. The number of benzene rings is 1. The van der Waals surface area contributed by atoms with E-state index in [4.69, 9.17) is 21.7 Å². The monoisotopic (exact) mass is 511 g/mol. The predicted molar refractivity (Wildman–Crippen MR) is 131 cm³/mol. The number of unbranched alkanes of at least 4 members (excludes halogenated alkanes) is 1. The first-order valence-corrected chi connectivity index (χ1v) is 11.7. The van der Waals surface area contributed by atoms with Gasteiger partial charge in [-0.3, -0.25) is 19.2 Å². The molecule has 194 valence electrons. The fourth-order valence-corrected chi connectivity index (χ4v) is 3.37. The molecule has 0 spiro atoms. The first-order valence-electron chi connectivity index (χ1n) is 11.0. The van der Waals surface area contributed by atoms with E-state index in [1.54, 1.807) is 0 Å². The zero-order chi connectivity index (χ0) is 26.4. The first kappa shape index (κ1) is 29.9. The molecule has 0 heterocycles. The van der Waals surface area contributed by atoms with Crippen LogP contribution in [0.3, 0.4) is 0 Å². The Balaban J connectivity index is 2.85. The Bertz CT molecular complexity index is 871. The van der Waals surface area contributed by atoms with E-state index >= 15 is 0 Å². The topological polar surface area (TPSA) is 214 Å². The highest BCUT2D eigenvalue weighted by Crippen LogP contribution is 2.06. The minimum absolute atomic E-state index is 0.200. The highest BCUT2D eigenvalue weighted by atomic mass is 32.1. The van der Waals surface area contributed by atoms with Crippen molar-refractivity contribution in [1.29, 1.82) is 0 Å². The zero-order valence-corrected chi connectivity index (χ0v) is 20.1. The van der Waals surface area contributed by atoms with Crippen LogP contribution in [0.2, 0.25) is 0 Å². The van der Waals surface area contributed by atoms with Gasteiger partial charge in [-0.05, 0) is 37.8 Å².